The van der Waals surface area contributed by atoms with E-state index in [0.29, 0.717) is 13.0 Å². The van der Waals surface area contributed by atoms with Crippen LogP contribution in [0.1, 0.15) is 27.2 Å². The highest BCUT2D eigenvalue weighted by molar-refractivity contribution is 5.80. The number of carbonyl (C=O) groups is 2. The van der Waals surface area contributed by atoms with Crippen LogP contribution in [0.5, 0.6) is 0 Å². The zero-order valence-corrected chi connectivity index (χ0v) is 11.5. The molecule has 3 N–H and O–H groups in total. The van der Waals surface area contributed by atoms with Gasteiger partial charge in [-0.15, -0.1) is 0 Å². The van der Waals surface area contributed by atoms with Gasteiger partial charge in [0.1, 0.15) is 5.60 Å². The Morgan fingerprint density at radius 3 is 2.56 bits per heavy atom. The minimum Gasteiger partial charge on any atom is -0.444 e. The molecule has 1 aliphatic rings. The molecular weight excluding hydrogens is 234 g/mol. The molecule has 18 heavy (non-hydrogen) atoms. The molecule has 1 aliphatic heterocycles. The highest BCUT2D eigenvalue weighted by Crippen LogP contribution is 2.14. The minimum absolute atomic E-state index is 0.0439. The maximum atomic E-state index is 11.7. The molecule has 0 unspecified atom stereocenters. The third-order valence-electron chi connectivity index (χ3n) is 2.77. The molecule has 2 amide bonds. The summed E-state index contributed by atoms with van der Waals surface area (Å²) in [4.78, 5) is 23.4. The highest BCUT2D eigenvalue weighted by Gasteiger charge is 2.32. The molecular formula is C12H23N3O3. The van der Waals surface area contributed by atoms with Crippen LogP contribution >= 0.6 is 0 Å². The number of rotatable bonds is 2. The van der Waals surface area contributed by atoms with Crippen LogP contribution in [-0.4, -0.2) is 43.8 Å². The quantitative estimate of drug-likeness (QED) is 0.662. The van der Waals surface area contributed by atoms with Crippen molar-refractivity contribution in [3.63, 3.8) is 0 Å². The van der Waals surface area contributed by atoms with Gasteiger partial charge in [0.15, 0.2) is 0 Å². The molecule has 2 atom stereocenters. The second-order valence-electron chi connectivity index (χ2n) is 5.47. The Labute approximate surface area is 108 Å². The molecule has 1 rings (SSSR count). The number of piperidine rings is 1. The summed E-state index contributed by atoms with van der Waals surface area (Å²) in [6, 6.07) is -0.228. The summed E-state index contributed by atoms with van der Waals surface area (Å²) >= 11 is 0. The lowest BCUT2D eigenvalue weighted by Gasteiger charge is -2.32. The van der Waals surface area contributed by atoms with Crippen LogP contribution in [0, 0.1) is 5.92 Å². The Morgan fingerprint density at radius 2 is 2.00 bits per heavy atom. The number of hydrogen-bond acceptors (Lipinski definition) is 4. The van der Waals surface area contributed by atoms with Crippen LogP contribution in [0.25, 0.3) is 0 Å². The monoisotopic (exact) mass is 257 g/mol. The summed E-state index contributed by atoms with van der Waals surface area (Å²) in [6.07, 6.45) is 0.227. The lowest BCUT2D eigenvalue weighted by atomic mass is 9.92. The first kappa shape index (κ1) is 14.8. The average Bonchev–Trinajstić information content (AvgIpc) is 2.26. The molecule has 0 aromatic heterocycles. The third-order valence-corrected chi connectivity index (χ3v) is 2.77. The van der Waals surface area contributed by atoms with Gasteiger partial charge in [0, 0.05) is 13.6 Å². The SMILES string of the molecule is CNC(=O)[C@H]1CCNC[C@@H]1NC(=O)OC(C)(C)C. The van der Waals surface area contributed by atoms with E-state index in [0.717, 1.165) is 6.54 Å². The molecule has 6 heteroatoms. The van der Waals surface area contributed by atoms with Gasteiger partial charge in [-0.2, -0.15) is 0 Å². The Bertz CT molecular complexity index is 312. The zero-order valence-electron chi connectivity index (χ0n) is 11.5. The Hall–Kier alpha value is -1.30. The molecule has 0 spiro atoms. The van der Waals surface area contributed by atoms with Gasteiger partial charge in [-0.3, -0.25) is 4.79 Å². The van der Waals surface area contributed by atoms with Crippen LogP contribution < -0.4 is 16.0 Å². The number of hydrogen-bond donors (Lipinski definition) is 3. The number of carbonyl (C=O) groups excluding carboxylic acids is 2. The van der Waals surface area contributed by atoms with E-state index in [2.05, 4.69) is 16.0 Å². The van der Waals surface area contributed by atoms with Crippen LogP contribution in [0.15, 0.2) is 0 Å². The van der Waals surface area contributed by atoms with Crippen molar-refractivity contribution in [2.24, 2.45) is 5.92 Å². The maximum absolute atomic E-state index is 11.7. The van der Waals surface area contributed by atoms with Crippen LogP contribution in [-0.2, 0) is 9.53 Å². The lowest BCUT2D eigenvalue weighted by molar-refractivity contribution is -0.126. The van der Waals surface area contributed by atoms with Crippen molar-refractivity contribution in [2.75, 3.05) is 20.1 Å². The number of amides is 2. The summed E-state index contributed by atoms with van der Waals surface area (Å²) in [7, 11) is 1.61. The predicted octanol–water partition coefficient (Wildman–Crippen LogP) is 0.235. The van der Waals surface area contributed by atoms with E-state index >= 15 is 0 Å². The molecule has 1 heterocycles. The number of nitrogens with one attached hydrogen (secondary N) is 3. The van der Waals surface area contributed by atoms with Gasteiger partial charge < -0.3 is 20.7 Å². The maximum Gasteiger partial charge on any atom is 0.407 e. The topological polar surface area (TPSA) is 79.5 Å². The average molecular weight is 257 g/mol. The summed E-state index contributed by atoms with van der Waals surface area (Å²) in [5.41, 5.74) is -0.533. The van der Waals surface area contributed by atoms with Crippen molar-refractivity contribution < 1.29 is 14.3 Å². The molecule has 0 saturated carbocycles. The second kappa shape index (κ2) is 6.04. The van der Waals surface area contributed by atoms with Crippen molar-refractivity contribution in [2.45, 2.75) is 38.8 Å². The molecule has 0 aromatic carbocycles. The van der Waals surface area contributed by atoms with Gasteiger partial charge in [0.2, 0.25) is 5.91 Å². The standard InChI is InChI=1S/C12H23N3O3/c1-12(2,3)18-11(17)15-9-7-14-6-5-8(9)10(16)13-4/h8-9,14H,5-7H2,1-4H3,(H,13,16)(H,15,17)/t8-,9-/m0/s1. The van der Waals surface area contributed by atoms with Gasteiger partial charge in [-0.25, -0.2) is 4.79 Å². The fourth-order valence-electron chi connectivity index (χ4n) is 1.97. The van der Waals surface area contributed by atoms with Crippen molar-refractivity contribution in [3.8, 4) is 0 Å². The summed E-state index contributed by atoms with van der Waals surface area (Å²) < 4.78 is 5.19. The summed E-state index contributed by atoms with van der Waals surface area (Å²) in [5.74, 6) is -0.249. The van der Waals surface area contributed by atoms with Crippen LogP contribution in [0.2, 0.25) is 0 Å². The van der Waals surface area contributed by atoms with E-state index in [1.165, 1.54) is 0 Å². The van der Waals surface area contributed by atoms with E-state index in [1.807, 2.05) is 20.8 Å². The van der Waals surface area contributed by atoms with Gasteiger partial charge in [0.05, 0.1) is 12.0 Å². The molecule has 1 saturated heterocycles. The molecule has 0 aliphatic carbocycles. The first-order chi connectivity index (χ1) is 8.33. The van der Waals surface area contributed by atoms with E-state index in [4.69, 9.17) is 4.74 Å². The third kappa shape index (κ3) is 4.52. The van der Waals surface area contributed by atoms with Gasteiger partial charge in [-0.1, -0.05) is 0 Å². The molecule has 0 aromatic rings. The lowest BCUT2D eigenvalue weighted by Crippen LogP contribution is -2.55. The van der Waals surface area contributed by atoms with Gasteiger partial charge in [-0.05, 0) is 33.7 Å². The molecule has 6 nitrogen and oxygen atoms in total. The smallest absolute Gasteiger partial charge is 0.407 e. The minimum atomic E-state index is -0.533. The van der Waals surface area contributed by atoms with Crippen molar-refractivity contribution in [3.05, 3.63) is 0 Å². The summed E-state index contributed by atoms with van der Waals surface area (Å²) in [5, 5.41) is 8.55. The van der Waals surface area contributed by atoms with Crippen molar-refractivity contribution in [1.82, 2.24) is 16.0 Å². The normalized spacial score (nSPS) is 24.2. The molecule has 1 fully saturated rings. The summed E-state index contributed by atoms with van der Waals surface area (Å²) in [6.45, 7) is 6.79. The highest BCUT2D eigenvalue weighted by atomic mass is 16.6. The van der Waals surface area contributed by atoms with Crippen molar-refractivity contribution in [1.29, 1.82) is 0 Å². The Kier molecular flexibility index (Phi) is 4.95. The number of alkyl carbamates (subject to hydrolysis) is 1. The van der Waals surface area contributed by atoms with Gasteiger partial charge >= 0.3 is 6.09 Å². The fraction of sp³-hybridized carbons (Fsp3) is 0.833. The second-order valence-corrected chi connectivity index (χ2v) is 5.47. The van der Waals surface area contributed by atoms with Crippen LogP contribution in [0.4, 0.5) is 4.79 Å². The van der Waals surface area contributed by atoms with E-state index in [9.17, 15) is 9.59 Å². The van der Waals surface area contributed by atoms with Crippen LogP contribution in [0.3, 0.4) is 0 Å². The first-order valence-electron chi connectivity index (χ1n) is 6.25. The number of ether oxygens (including phenoxy) is 1. The largest absolute Gasteiger partial charge is 0.444 e. The van der Waals surface area contributed by atoms with Gasteiger partial charge in [0.25, 0.3) is 0 Å². The predicted molar refractivity (Wildman–Crippen MR) is 68.2 cm³/mol. The molecule has 104 valence electrons. The Balaban J connectivity index is 2.57. The van der Waals surface area contributed by atoms with E-state index in [1.54, 1.807) is 7.05 Å². The molecule has 0 bridgehead atoms. The van der Waals surface area contributed by atoms with E-state index < -0.39 is 11.7 Å². The fourth-order valence-corrected chi connectivity index (χ4v) is 1.97. The zero-order chi connectivity index (χ0) is 13.8. The van der Waals surface area contributed by atoms with Crippen molar-refractivity contribution >= 4 is 12.0 Å². The molecule has 0 radical (unpaired) electrons. The van der Waals surface area contributed by atoms with E-state index in [-0.39, 0.29) is 17.9 Å². The first-order valence-corrected chi connectivity index (χ1v) is 6.25. The Morgan fingerprint density at radius 1 is 1.33 bits per heavy atom.